The highest BCUT2D eigenvalue weighted by Gasteiger charge is 2.10. The van der Waals surface area contributed by atoms with Crippen molar-refractivity contribution in [3.63, 3.8) is 0 Å². The Morgan fingerprint density at radius 2 is 1.56 bits per heavy atom. The van der Waals surface area contributed by atoms with E-state index in [1.54, 1.807) is 0 Å². The van der Waals surface area contributed by atoms with Gasteiger partial charge < -0.3 is 5.11 Å². The Labute approximate surface area is 92.0 Å². The van der Waals surface area contributed by atoms with Gasteiger partial charge in [-0.05, 0) is 29.3 Å². The molecule has 2 aromatic carbocycles. The molecule has 0 bridgehead atoms. The van der Waals surface area contributed by atoms with Gasteiger partial charge in [0.1, 0.15) is 5.75 Å². The summed E-state index contributed by atoms with van der Waals surface area (Å²) in [6.07, 6.45) is -2.57. The van der Waals surface area contributed by atoms with Gasteiger partial charge in [-0.2, -0.15) is 0 Å². The molecule has 0 spiro atoms. The minimum Gasteiger partial charge on any atom is -0.508 e. The summed E-state index contributed by atoms with van der Waals surface area (Å²) in [5.41, 5.74) is 1.23. The molecule has 1 N–H and O–H groups in total. The quantitative estimate of drug-likeness (QED) is 0.811. The van der Waals surface area contributed by atoms with Crippen molar-refractivity contribution in [2.45, 2.75) is 6.43 Å². The molecule has 0 aliphatic heterocycles. The molecule has 0 aliphatic carbocycles. The average Bonchev–Trinajstić information content (AvgIpc) is 2.29. The van der Waals surface area contributed by atoms with Crippen LogP contribution >= 0.6 is 0 Å². The van der Waals surface area contributed by atoms with Gasteiger partial charge in [0.15, 0.2) is 0 Å². The normalized spacial score (nSPS) is 10.7. The predicted molar refractivity (Wildman–Crippen MR) is 58.5 cm³/mol. The maximum Gasteiger partial charge on any atom is 0.264 e. The zero-order valence-electron chi connectivity index (χ0n) is 8.40. The zero-order valence-corrected chi connectivity index (χ0v) is 8.40. The number of phenols is 1. The average molecular weight is 220 g/mol. The molecule has 0 saturated carbocycles. The molecule has 3 heteroatoms. The van der Waals surface area contributed by atoms with Crippen molar-refractivity contribution in [1.82, 2.24) is 0 Å². The van der Waals surface area contributed by atoms with Gasteiger partial charge in [0, 0.05) is 5.56 Å². The number of aromatic hydroxyl groups is 1. The second-order valence-electron chi connectivity index (χ2n) is 3.48. The van der Waals surface area contributed by atoms with E-state index in [9.17, 15) is 13.9 Å². The predicted octanol–water partition coefficient (Wildman–Crippen LogP) is 4.00. The van der Waals surface area contributed by atoms with Gasteiger partial charge in [0.25, 0.3) is 6.43 Å². The molecule has 0 heterocycles. The summed E-state index contributed by atoms with van der Waals surface area (Å²) < 4.78 is 25.1. The lowest BCUT2D eigenvalue weighted by atomic mass is 10.0. The van der Waals surface area contributed by atoms with Crippen LogP contribution in [0.15, 0.2) is 48.5 Å². The van der Waals surface area contributed by atoms with Crippen molar-refractivity contribution in [3.05, 3.63) is 54.1 Å². The highest BCUT2D eigenvalue weighted by molar-refractivity contribution is 5.66. The standard InChI is InChI=1S/C13H10F2O/c14-13(15)11-6-10(7-12(16)8-11)9-4-2-1-3-5-9/h1-8,13,16H. The topological polar surface area (TPSA) is 20.2 Å². The van der Waals surface area contributed by atoms with Crippen molar-refractivity contribution >= 4 is 0 Å². The van der Waals surface area contributed by atoms with E-state index in [-0.39, 0.29) is 11.3 Å². The third-order valence-corrected chi connectivity index (χ3v) is 2.30. The SMILES string of the molecule is Oc1cc(-c2ccccc2)cc(C(F)F)c1. The van der Waals surface area contributed by atoms with E-state index in [0.29, 0.717) is 5.56 Å². The number of hydrogen-bond acceptors (Lipinski definition) is 1. The monoisotopic (exact) mass is 220 g/mol. The van der Waals surface area contributed by atoms with Crippen molar-refractivity contribution in [3.8, 4) is 16.9 Å². The zero-order chi connectivity index (χ0) is 11.5. The van der Waals surface area contributed by atoms with E-state index in [4.69, 9.17) is 0 Å². The van der Waals surface area contributed by atoms with Crippen LogP contribution in [0.3, 0.4) is 0 Å². The molecule has 2 rings (SSSR count). The van der Waals surface area contributed by atoms with Gasteiger partial charge in [-0.15, -0.1) is 0 Å². The molecule has 0 radical (unpaired) electrons. The summed E-state index contributed by atoms with van der Waals surface area (Å²) in [6, 6.07) is 13.1. The Kier molecular flexibility index (Phi) is 2.86. The van der Waals surface area contributed by atoms with Crippen molar-refractivity contribution < 1.29 is 13.9 Å². The summed E-state index contributed by atoms with van der Waals surface area (Å²) in [5, 5.41) is 9.37. The van der Waals surface area contributed by atoms with E-state index >= 15 is 0 Å². The first kappa shape index (κ1) is 10.6. The number of alkyl halides is 2. The Hall–Kier alpha value is -1.90. The van der Waals surface area contributed by atoms with E-state index in [2.05, 4.69) is 0 Å². The summed E-state index contributed by atoms with van der Waals surface area (Å²) in [5.74, 6) is -0.142. The van der Waals surface area contributed by atoms with E-state index in [1.807, 2.05) is 30.3 Å². The number of rotatable bonds is 2. The summed E-state index contributed by atoms with van der Waals surface area (Å²) >= 11 is 0. The van der Waals surface area contributed by atoms with Gasteiger partial charge in [-0.3, -0.25) is 0 Å². The molecule has 0 atom stereocenters. The van der Waals surface area contributed by atoms with Gasteiger partial charge in [-0.1, -0.05) is 30.3 Å². The summed E-state index contributed by atoms with van der Waals surface area (Å²) in [6.45, 7) is 0. The highest BCUT2D eigenvalue weighted by Crippen LogP contribution is 2.29. The van der Waals surface area contributed by atoms with Crippen LogP contribution < -0.4 is 0 Å². The van der Waals surface area contributed by atoms with Crippen LogP contribution in [-0.2, 0) is 0 Å². The first-order valence-electron chi connectivity index (χ1n) is 4.84. The molecule has 2 aromatic rings. The van der Waals surface area contributed by atoms with Crippen molar-refractivity contribution in [1.29, 1.82) is 0 Å². The number of hydrogen-bond donors (Lipinski definition) is 1. The first-order chi connectivity index (χ1) is 7.66. The molecule has 0 aromatic heterocycles. The molecule has 0 unspecified atom stereocenters. The minimum atomic E-state index is -2.57. The molecular weight excluding hydrogens is 210 g/mol. The molecule has 0 aliphatic rings. The second kappa shape index (κ2) is 4.31. The number of halogens is 2. The molecule has 16 heavy (non-hydrogen) atoms. The Bertz CT molecular complexity index is 481. The molecule has 1 nitrogen and oxygen atoms in total. The maximum absolute atomic E-state index is 12.5. The van der Waals surface area contributed by atoms with Crippen LogP contribution in [0.25, 0.3) is 11.1 Å². The highest BCUT2D eigenvalue weighted by atomic mass is 19.3. The van der Waals surface area contributed by atoms with E-state index in [1.165, 1.54) is 12.1 Å². The van der Waals surface area contributed by atoms with Crippen LogP contribution in [0.2, 0.25) is 0 Å². The van der Waals surface area contributed by atoms with Gasteiger partial charge in [0.2, 0.25) is 0 Å². The Morgan fingerprint density at radius 3 is 2.19 bits per heavy atom. The van der Waals surface area contributed by atoms with Crippen LogP contribution in [0, 0.1) is 0 Å². The minimum absolute atomic E-state index is 0.142. The van der Waals surface area contributed by atoms with E-state index in [0.717, 1.165) is 11.6 Å². The molecular formula is C13H10F2O. The molecule has 0 saturated heterocycles. The first-order valence-corrected chi connectivity index (χ1v) is 4.84. The van der Waals surface area contributed by atoms with E-state index < -0.39 is 6.43 Å². The van der Waals surface area contributed by atoms with Crippen molar-refractivity contribution in [2.75, 3.05) is 0 Å². The lowest BCUT2D eigenvalue weighted by Crippen LogP contribution is -1.86. The molecule has 0 amide bonds. The van der Waals surface area contributed by atoms with Crippen molar-refractivity contribution in [2.24, 2.45) is 0 Å². The third-order valence-electron chi connectivity index (χ3n) is 2.30. The largest absolute Gasteiger partial charge is 0.508 e. The number of benzene rings is 2. The fraction of sp³-hybridized carbons (Fsp3) is 0.0769. The second-order valence-corrected chi connectivity index (χ2v) is 3.48. The third kappa shape index (κ3) is 2.19. The summed E-state index contributed by atoms with van der Waals surface area (Å²) in [7, 11) is 0. The Balaban J connectivity index is 2.50. The van der Waals surface area contributed by atoms with Gasteiger partial charge in [-0.25, -0.2) is 8.78 Å². The van der Waals surface area contributed by atoms with Gasteiger partial charge in [0.05, 0.1) is 0 Å². The summed E-state index contributed by atoms with van der Waals surface area (Å²) in [4.78, 5) is 0. The maximum atomic E-state index is 12.5. The van der Waals surface area contributed by atoms with Gasteiger partial charge >= 0.3 is 0 Å². The lowest BCUT2D eigenvalue weighted by molar-refractivity contribution is 0.151. The molecule has 0 fully saturated rings. The lowest BCUT2D eigenvalue weighted by Gasteiger charge is -2.06. The van der Waals surface area contributed by atoms with Crippen LogP contribution in [-0.4, -0.2) is 5.11 Å². The van der Waals surface area contributed by atoms with Crippen LogP contribution in [0.1, 0.15) is 12.0 Å². The molecule has 82 valence electrons. The smallest absolute Gasteiger partial charge is 0.264 e. The fourth-order valence-corrected chi connectivity index (χ4v) is 1.56. The Morgan fingerprint density at radius 1 is 0.875 bits per heavy atom. The van der Waals surface area contributed by atoms with Crippen LogP contribution in [0.5, 0.6) is 5.75 Å². The fourth-order valence-electron chi connectivity index (χ4n) is 1.56. The van der Waals surface area contributed by atoms with Crippen LogP contribution in [0.4, 0.5) is 8.78 Å². The number of phenolic OH excluding ortho intramolecular Hbond substituents is 1.